The molecule has 122 valence electrons. The predicted molar refractivity (Wildman–Crippen MR) is 92.1 cm³/mol. The smallest absolute Gasteiger partial charge is 0.262 e. The Morgan fingerprint density at radius 1 is 1.09 bits per heavy atom. The first kappa shape index (κ1) is 16.9. The Morgan fingerprint density at radius 2 is 1.87 bits per heavy atom. The van der Waals surface area contributed by atoms with Crippen LogP contribution in [0.25, 0.3) is 0 Å². The van der Waals surface area contributed by atoms with Gasteiger partial charge in [0.1, 0.15) is 11.5 Å². The Bertz CT molecular complexity index is 653. The summed E-state index contributed by atoms with van der Waals surface area (Å²) in [4.78, 5) is 12.0. The molecule has 0 atom stereocenters. The van der Waals surface area contributed by atoms with Crippen LogP contribution in [0, 0.1) is 12.8 Å². The van der Waals surface area contributed by atoms with Crippen LogP contribution in [-0.2, 0) is 4.79 Å². The summed E-state index contributed by atoms with van der Waals surface area (Å²) in [6.07, 6.45) is 0. The second kappa shape index (κ2) is 8.22. The van der Waals surface area contributed by atoms with Gasteiger partial charge in [0.05, 0.1) is 6.61 Å². The minimum absolute atomic E-state index is 0.0259. The van der Waals surface area contributed by atoms with Gasteiger partial charge in [-0.25, -0.2) is 0 Å². The van der Waals surface area contributed by atoms with E-state index in [4.69, 9.17) is 9.47 Å². The molecule has 0 spiro atoms. The predicted octanol–water partition coefficient (Wildman–Crippen LogP) is 4.05. The van der Waals surface area contributed by atoms with E-state index in [-0.39, 0.29) is 12.5 Å². The molecule has 1 N–H and O–H groups in total. The highest BCUT2D eigenvalue weighted by Gasteiger charge is 2.06. The summed E-state index contributed by atoms with van der Waals surface area (Å²) in [5.41, 5.74) is 1.70. The van der Waals surface area contributed by atoms with Crippen LogP contribution in [-0.4, -0.2) is 19.1 Å². The average molecular weight is 313 g/mol. The standard InChI is InChI=1S/C19H23NO3/c1-14(2)12-22-17-9-6-8-16(11-17)20-19(21)13-23-18-10-5-4-7-15(18)3/h4-11,14H,12-13H2,1-3H3,(H,20,21). The van der Waals surface area contributed by atoms with Crippen molar-refractivity contribution < 1.29 is 14.3 Å². The Labute approximate surface area is 137 Å². The van der Waals surface area contributed by atoms with Crippen LogP contribution in [0.4, 0.5) is 5.69 Å². The Kier molecular flexibility index (Phi) is 6.03. The number of amides is 1. The maximum absolute atomic E-state index is 12.0. The maximum atomic E-state index is 12.0. The van der Waals surface area contributed by atoms with Crippen molar-refractivity contribution in [3.63, 3.8) is 0 Å². The second-order valence-electron chi connectivity index (χ2n) is 5.84. The fourth-order valence-corrected chi connectivity index (χ4v) is 1.99. The lowest BCUT2D eigenvalue weighted by molar-refractivity contribution is -0.118. The first-order valence-corrected chi connectivity index (χ1v) is 7.75. The van der Waals surface area contributed by atoms with Gasteiger partial charge in [0.2, 0.25) is 0 Å². The van der Waals surface area contributed by atoms with Crippen molar-refractivity contribution in [1.29, 1.82) is 0 Å². The third-order valence-electron chi connectivity index (χ3n) is 3.15. The molecule has 0 aromatic heterocycles. The molecule has 0 aliphatic rings. The van der Waals surface area contributed by atoms with E-state index in [0.717, 1.165) is 17.1 Å². The molecule has 4 heteroatoms. The monoisotopic (exact) mass is 313 g/mol. The lowest BCUT2D eigenvalue weighted by Crippen LogP contribution is -2.20. The molecule has 1 amide bonds. The van der Waals surface area contributed by atoms with E-state index >= 15 is 0 Å². The molecule has 0 fully saturated rings. The van der Waals surface area contributed by atoms with E-state index in [0.29, 0.717) is 18.2 Å². The Balaban J connectivity index is 1.87. The quantitative estimate of drug-likeness (QED) is 0.839. The van der Waals surface area contributed by atoms with E-state index in [1.54, 1.807) is 0 Å². The number of benzene rings is 2. The van der Waals surface area contributed by atoms with E-state index in [9.17, 15) is 4.79 Å². The van der Waals surface area contributed by atoms with Crippen LogP contribution < -0.4 is 14.8 Å². The number of para-hydroxylation sites is 1. The fourth-order valence-electron chi connectivity index (χ4n) is 1.99. The van der Waals surface area contributed by atoms with Gasteiger partial charge in [-0.15, -0.1) is 0 Å². The Morgan fingerprint density at radius 3 is 2.61 bits per heavy atom. The molecular formula is C19H23NO3. The topological polar surface area (TPSA) is 47.6 Å². The van der Waals surface area contributed by atoms with Gasteiger partial charge >= 0.3 is 0 Å². The first-order valence-electron chi connectivity index (χ1n) is 7.75. The van der Waals surface area contributed by atoms with Crippen molar-refractivity contribution in [1.82, 2.24) is 0 Å². The fraction of sp³-hybridized carbons (Fsp3) is 0.316. The van der Waals surface area contributed by atoms with Gasteiger partial charge in [-0.2, -0.15) is 0 Å². The van der Waals surface area contributed by atoms with Crippen molar-refractivity contribution in [2.75, 3.05) is 18.5 Å². The number of nitrogens with one attached hydrogen (secondary N) is 1. The molecule has 2 rings (SSSR count). The summed E-state index contributed by atoms with van der Waals surface area (Å²) >= 11 is 0. The number of carbonyl (C=O) groups excluding carboxylic acids is 1. The van der Waals surface area contributed by atoms with Gasteiger partial charge in [-0.05, 0) is 36.6 Å². The third-order valence-corrected chi connectivity index (χ3v) is 3.15. The minimum Gasteiger partial charge on any atom is -0.493 e. The molecule has 0 unspecified atom stereocenters. The lowest BCUT2D eigenvalue weighted by Gasteiger charge is -2.11. The molecule has 2 aromatic carbocycles. The number of hydrogen-bond acceptors (Lipinski definition) is 3. The van der Waals surface area contributed by atoms with Gasteiger partial charge in [-0.3, -0.25) is 4.79 Å². The zero-order chi connectivity index (χ0) is 16.7. The molecule has 0 aliphatic carbocycles. The zero-order valence-corrected chi connectivity index (χ0v) is 13.8. The van der Waals surface area contributed by atoms with E-state index < -0.39 is 0 Å². The molecule has 0 radical (unpaired) electrons. The van der Waals surface area contributed by atoms with Crippen LogP contribution in [0.2, 0.25) is 0 Å². The highest BCUT2D eigenvalue weighted by atomic mass is 16.5. The summed E-state index contributed by atoms with van der Waals surface area (Å²) < 4.78 is 11.2. The number of hydrogen-bond donors (Lipinski definition) is 1. The number of carbonyl (C=O) groups is 1. The molecule has 0 bridgehead atoms. The van der Waals surface area contributed by atoms with Crippen LogP contribution >= 0.6 is 0 Å². The van der Waals surface area contributed by atoms with Crippen LogP contribution in [0.5, 0.6) is 11.5 Å². The molecule has 0 saturated heterocycles. The summed E-state index contributed by atoms with van der Waals surface area (Å²) in [6.45, 7) is 6.75. The van der Waals surface area contributed by atoms with Crippen molar-refractivity contribution in [2.24, 2.45) is 5.92 Å². The average Bonchev–Trinajstić information content (AvgIpc) is 2.52. The second-order valence-corrected chi connectivity index (χ2v) is 5.84. The van der Waals surface area contributed by atoms with Crippen molar-refractivity contribution >= 4 is 11.6 Å². The maximum Gasteiger partial charge on any atom is 0.262 e. The highest BCUT2D eigenvalue weighted by molar-refractivity contribution is 5.92. The molecular weight excluding hydrogens is 290 g/mol. The van der Waals surface area contributed by atoms with Gasteiger partial charge in [-0.1, -0.05) is 38.1 Å². The van der Waals surface area contributed by atoms with Crippen molar-refractivity contribution in [3.8, 4) is 11.5 Å². The number of anilines is 1. The summed E-state index contributed by atoms with van der Waals surface area (Å²) in [5, 5.41) is 2.82. The van der Waals surface area contributed by atoms with Gasteiger partial charge in [0.25, 0.3) is 5.91 Å². The summed E-state index contributed by atoms with van der Waals surface area (Å²) in [7, 11) is 0. The van der Waals surface area contributed by atoms with Gasteiger partial charge in [0.15, 0.2) is 6.61 Å². The highest BCUT2D eigenvalue weighted by Crippen LogP contribution is 2.19. The first-order chi connectivity index (χ1) is 11.0. The largest absolute Gasteiger partial charge is 0.493 e. The molecule has 0 aliphatic heterocycles. The molecule has 2 aromatic rings. The normalized spacial score (nSPS) is 10.4. The van der Waals surface area contributed by atoms with Crippen LogP contribution in [0.15, 0.2) is 48.5 Å². The van der Waals surface area contributed by atoms with Crippen LogP contribution in [0.1, 0.15) is 19.4 Å². The Hall–Kier alpha value is -2.49. The zero-order valence-electron chi connectivity index (χ0n) is 13.8. The molecule has 23 heavy (non-hydrogen) atoms. The lowest BCUT2D eigenvalue weighted by atomic mass is 10.2. The van der Waals surface area contributed by atoms with Crippen LogP contribution in [0.3, 0.4) is 0 Å². The van der Waals surface area contributed by atoms with E-state index in [1.165, 1.54) is 0 Å². The van der Waals surface area contributed by atoms with E-state index in [1.807, 2.05) is 55.5 Å². The molecule has 0 heterocycles. The number of rotatable bonds is 7. The molecule has 4 nitrogen and oxygen atoms in total. The van der Waals surface area contributed by atoms with E-state index in [2.05, 4.69) is 19.2 Å². The SMILES string of the molecule is Cc1ccccc1OCC(=O)Nc1cccc(OCC(C)C)c1. The third kappa shape index (κ3) is 5.66. The molecule has 0 saturated carbocycles. The number of aryl methyl sites for hydroxylation is 1. The van der Waals surface area contributed by atoms with Gasteiger partial charge < -0.3 is 14.8 Å². The summed E-state index contributed by atoms with van der Waals surface area (Å²) in [6, 6.07) is 15.0. The van der Waals surface area contributed by atoms with Gasteiger partial charge in [0, 0.05) is 11.8 Å². The summed E-state index contributed by atoms with van der Waals surface area (Å²) in [5.74, 6) is 1.72. The van der Waals surface area contributed by atoms with Crippen molar-refractivity contribution in [3.05, 3.63) is 54.1 Å². The number of ether oxygens (including phenoxy) is 2. The minimum atomic E-state index is -0.200. The van der Waals surface area contributed by atoms with Crippen molar-refractivity contribution in [2.45, 2.75) is 20.8 Å².